The zero-order valence-corrected chi connectivity index (χ0v) is 12.1. The average Bonchev–Trinajstić information content (AvgIpc) is 2.63. The summed E-state index contributed by atoms with van der Waals surface area (Å²) in [7, 11) is 1.97. The highest BCUT2D eigenvalue weighted by atomic mass is 35.5. The Morgan fingerprint density at radius 2 is 2.41 bits per heavy atom. The molecule has 0 aromatic carbocycles. The molecule has 3 nitrogen and oxygen atoms in total. The first kappa shape index (κ1) is 13.2. The molecule has 1 aromatic heterocycles. The van der Waals surface area contributed by atoms with Crippen molar-refractivity contribution in [1.82, 2.24) is 15.1 Å². The van der Waals surface area contributed by atoms with Crippen molar-refractivity contribution in [2.75, 3.05) is 11.5 Å². The third-order valence-electron chi connectivity index (χ3n) is 3.22. The summed E-state index contributed by atoms with van der Waals surface area (Å²) in [4.78, 5) is 0. The van der Waals surface area contributed by atoms with Crippen LogP contribution in [0.25, 0.3) is 0 Å². The average molecular weight is 274 g/mol. The lowest BCUT2D eigenvalue weighted by Crippen LogP contribution is -2.33. The second kappa shape index (κ2) is 6.12. The van der Waals surface area contributed by atoms with Gasteiger partial charge in [0.15, 0.2) is 0 Å². The molecule has 0 aliphatic carbocycles. The van der Waals surface area contributed by atoms with E-state index in [1.165, 1.54) is 24.3 Å². The van der Waals surface area contributed by atoms with E-state index in [1.807, 2.05) is 23.5 Å². The highest BCUT2D eigenvalue weighted by Crippen LogP contribution is 2.22. The van der Waals surface area contributed by atoms with Gasteiger partial charge in [0.05, 0.1) is 16.4 Å². The van der Waals surface area contributed by atoms with Crippen LogP contribution in [0.1, 0.15) is 31.2 Å². The minimum atomic E-state index is 0.629. The third kappa shape index (κ3) is 3.18. The molecule has 1 unspecified atom stereocenters. The molecule has 1 aliphatic heterocycles. The number of halogens is 1. The Labute approximate surface area is 112 Å². The number of nitrogens with one attached hydrogen (secondary N) is 1. The van der Waals surface area contributed by atoms with Gasteiger partial charge < -0.3 is 5.32 Å². The van der Waals surface area contributed by atoms with E-state index in [9.17, 15) is 0 Å². The van der Waals surface area contributed by atoms with Gasteiger partial charge in [0.25, 0.3) is 0 Å². The number of thioether (sulfide) groups is 1. The van der Waals surface area contributed by atoms with Crippen molar-refractivity contribution in [3.05, 3.63) is 16.4 Å². The Morgan fingerprint density at radius 3 is 3.00 bits per heavy atom. The summed E-state index contributed by atoms with van der Waals surface area (Å²) >= 11 is 8.36. The van der Waals surface area contributed by atoms with Crippen molar-refractivity contribution in [3.63, 3.8) is 0 Å². The van der Waals surface area contributed by atoms with Gasteiger partial charge in [-0.25, -0.2) is 0 Å². The maximum Gasteiger partial charge on any atom is 0.0863 e. The molecule has 1 saturated heterocycles. The number of hydrogen-bond acceptors (Lipinski definition) is 3. The quantitative estimate of drug-likeness (QED) is 0.915. The Kier molecular flexibility index (Phi) is 4.77. The molecule has 1 fully saturated rings. The molecule has 17 heavy (non-hydrogen) atoms. The van der Waals surface area contributed by atoms with Crippen LogP contribution in [0.15, 0.2) is 0 Å². The van der Waals surface area contributed by atoms with E-state index in [0.29, 0.717) is 6.04 Å². The van der Waals surface area contributed by atoms with Crippen LogP contribution < -0.4 is 5.32 Å². The zero-order chi connectivity index (χ0) is 12.3. The van der Waals surface area contributed by atoms with Gasteiger partial charge in [-0.2, -0.15) is 16.9 Å². The summed E-state index contributed by atoms with van der Waals surface area (Å²) < 4.78 is 1.91. The standard InChI is InChI=1S/C12H20ClN3S/c1-3-10-12(13)11(16(2)15-10)7-14-9-5-4-6-17-8-9/h9,14H,3-8H2,1-2H3. The fraction of sp³-hybridized carbons (Fsp3) is 0.750. The van der Waals surface area contributed by atoms with Gasteiger partial charge in [0.2, 0.25) is 0 Å². The minimum absolute atomic E-state index is 0.629. The fourth-order valence-electron chi connectivity index (χ4n) is 2.15. The van der Waals surface area contributed by atoms with Gasteiger partial charge in [-0.1, -0.05) is 18.5 Å². The van der Waals surface area contributed by atoms with E-state index in [4.69, 9.17) is 11.6 Å². The molecule has 1 N–H and O–H groups in total. The van der Waals surface area contributed by atoms with Crippen molar-refractivity contribution in [2.24, 2.45) is 7.05 Å². The Bertz CT molecular complexity index is 372. The molecule has 96 valence electrons. The third-order valence-corrected chi connectivity index (χ3v) is 4.87. The largest absolute Gasteiger partial charge is 0.308 e. The topological polar surface area (TPSA) is 29.9 Å². The summed E-state index contributed by atoms with van der Waals surface area (Å²) in [5, 5.41) is 8.86. The van der Waals surface area contributed by atoms with Gasteiger partial charge in [-0.15, -0.1) is 0 Å². The van der Waals surface area contributed by atoms with Gasteiger partial charge in [-0.3, -0.25) is 4.68 Å². The number of aromatic nitrogens is 2. The second-order valence-electron chi connectivity index (χ2n) is 4.48. The molecular formula is C12H20ClN3S. The molecule has 5 heteroatoms. The number of nitrogens with zero attached hydrogens (tertiary/aromatic N) is 2. The van der Waals surface area contributed by atoms with Gasteiger partial charge in [0.1, 0.15) is 0 Å². The Morgan fingerprint density at radius 1 is 1.59 bits per heavy atom. The van der Waals surface area contributed by atoms with Crippen LogP contribution in [0, 0.1) is 0 Å². The summed E-state index contributed by atoms with van der Waals surface area (Å²) in [6.07, 6.45) is 3.50. The van der Waals surface area contributed by atoms with Crippen LogP contribution in [-0.4, -0.2) is 27.3 Å². The number of hydrogen-bond donors (Lipinski definition) is 1. The maximum atomic E-state index is 6.32. The molecule has 0 radical (unpaired) electrons. The van der Waals surface area contributed by atoms with E-state index in [2.05, 4.69) is 17.3 Å². The first-order chi connectivity index (χ1) is 8.22. The molecule has 1 aromatic rings. The minimum Gasteiger partial charge on any atom is -0.308 e. The number of aryl methyl sites for hydroxylation is 2. The van der Waals surface area contributed by atoms with Gasteiger partial charge in [-0.05, 0) is 25.0 Å². The van der Waals surface area contributed by atoms with Crippen LogP contribution in [0.5, 0.6) is 0 Å². The zero-order valence-electron chi connectivity index (χ0n) is 10.5. The molecule has 2 heterocycles. The molecule has 0 amide bonds. The van der Waals surface area contributed by atoms with E-state index in [-0.39, 0.29) is 0 Å². The van der Waals surface area contributed by atoms with Crippen molar-refractivity contribution in [2.45, 2.75) is 38.8 Å². The predicted octanol–water partition coefficient (Wildman–Crippen LogP) is 2.62. The van der Waals surface area contributed by atoms with Crippen molar-refractivity contribution in [3.8, 4) is 0 Å². The van der Waals surface area contributed by atoms with Crippen LogP contribution in [-0.2, 0) is 20.0 Å². The van der Waals surface area contributed by atoms with Crippen LogP contribution in [0.4, 0.5) is 0 Å². The highest BCUT2D eigenvalue weighted by molar-refractivity contribution is 7.99. The van der Waals surface area contributed by atoms with Gasteiger partial charge in [0, 0.05) is 25.4 Å². The molecule has 1 atom stereocenters. The molecule has 2 rings (SSSR count). The van der Waals surface area contributed by atoms with Crippen LogP contribution >= 0.6 is 23.4 Å². The van der Waals surface area contributed by atoms with Gasteiger partial charge >= 0.3 is 0 Å². The molecule has 0 spiro atoms. The van der Waals surface area contributed by atoms with Crippen molar-refractivity contribution < 1.29 is 0 Å². The number of rotatable bonds is 4. The molecular weight excluding hydrogens is 254 g/mol. The van der Waals surface area contributed by atoms with Crippen LogP contribution in [0.3, 0.4) is 0 Å². The highest BCUT2D eigenvalue weighted by Gasteiger charge is 2.16. The first-order valence-electron chi connectivity index (χ1n) is 6.23. The molecule has 0 saturated carbocycles. The monoisotopic (exact) mass is 273 g/mol. The summed E-state index contributed by atoms with van der Waals surface area (Å²) in [6, 6.07) is 0.629. The van der Waals surface area contributed by atoms with Crippen molar-refractivity contribution >= 4 is 23.4 Å². The second-order valence-corrected chi connectivity index (χ2v) is 6.01. The van der Waals surface area contributed by atoms with E-state index < -0.39 is 0 Å². The lowest BCUT2D eigenvalue weighted by molar-refractivity contribution is 0.494. The summed E-state index contributed by atoms with van der Waals surface area (Å²) in [6.45, 7) is 2.91. The van der Waals surface area contributed by atoms with Crippen molar-refractivity contribution in [1.29, 1.82) is 0 Å². The predicted molar refractivity (Wildman–Crippen MR) is 74.8 cm³/mol. The first-order valence-corrected chi connectivity index (χ1v) is 7.77. The fourth-order valence-corrected chi connectivity index (χ4v) is 3.62. The normalized spacial score (nSPS) is 20.8. The Hall–Kier alpha value is -0.190. The van der Waals surface area contributed by atoms with E-state index in [0.717, 1.165) is 29.4 Å². The van der Waals surface area contributed by atoms with E-state index >= 15 is 0 Å². The maximum absolute atomic E-state index is 6.32. The lowest BCUT2D eigenvalue weighted by atomic mass is 10.2. The summed E-state index contributed by atoms with van der Waals surface area (Å²) in [5.41, 5.74) is 2.11. The Balaban J connectivity index is 1.95. The smallest absolute Gasteiger partial charge is 0.0863 e. The molecule has 1 aliphatic rings. The van der Waals surface area contributed by atoms with Crippen LogP contribution in [0.2, 0.25) is 5.02 Å². The molecule has 0 bridgehead atoms. The lowest BCUT2D eigenvalue weighted by Gasteiger charge is -2.22. The summed E-state index contributed by atoms with van der Waals surface area (Å²) in [5.74, 6) is 2.53. The SMILES string of the molecule is CCc1nn(C)c(CNC2CCCSC2)c1Cl. The van der Waals surface area contributed by atoms with E-state index in [1.54, 1.807) is 0 Å².